The van der Waals surface area contributed by atoms with Gasteiger partial charge in [0.05, 0.1) is 29.0 Å². The molecule has 0 aliphatic carbocycles. The third-order valence-corrected chi connectivity index (χ3v) is 6.38. The second kappa shape index (κ2) is 9.39. The Morgan fingerprint density at radius 3 is 2.54 bits per heavy atom. The summed E-state index contributed by atoms with van der Waals surface area (Å²) < 4.78 is 8.27. The van der Waals surface area contributed by atoms with Crippen molar-refractivity contribution in [1.82, 2.24) is 14.5 Å². The van der Waals surface area contributed by atoms with Gasteiger partial charge in [0.15, 0.2) is 5.43 Å². The lowest BCUT2D eigenvalue weighted by molar-refractivity contribution is 0.0698. The first kappa shape index (κ1) is 24.0. The molecule has 2 N–H and O–H groups in total. The zero-order chi connectivity index (χ0) is 26.3. The minimum atomic E-state index is -1.02. The number of carbonyl (C=O) groups is 1. The van der Waals surface area contributed by atoms with Crippen molar-refractivity contribution in [1.29, 1.82) is 0 Å². The number of hydrogen-bond donors (Lipinski definition) is 2. The van der Waals surface area contributed by atoms with Crippen molar-refractivity contribution in [3.05, 3.63) is 99.7 Å². The van der Waals surface area contributed by atoms with Crippen molar-refractivity contribution in [2.45, 2.75) is 26.8 Å². The molecular weight excluding hydrogens is 468 g/mol. The largest absolute Gasteiger partial charge is 0.478 e. The average Bonchev–Trinajstić information content (AvgIpc) is 3.32. The van der Waals surface area contributed by atoms with Gasteiger partial charge in [0.25, 0.3) is 0 Å². The van der Waals surface area contributed by atoms with Gasteiger partial charge in [-0.25, -0.2) is 9.78 Å². The molecule has 0 amide bonds. The number of rotatable bonds is 6. The van der Waals surface area contributed by atoms with Crippen molar-refractivity contribution in [2.75, 3.05) is 5.32 Å². The monoisotopic (exact) mass is 494 g/mol. The number of nitrogens with zero attached hydrogens (tertiary/aromatic N) is 3. The highest BCUT2D eigenvalue weighted by molar-refractivity contribution is 5.94. The highest BCUT2D eigenvalue weighted by Gasteiger charge is 2.20. The van der Waals surface area contributed by atoms with Gasteiger partial charge in [-0.1, -0.05) is 18.2 Å². The quantitative estimate of drug-likeness (QED) is 0.309. The fourth-order valence-corrected chi connectivity index (χ4v) is 4.50. The number of anilines is 1. The summed E-state index contributed by atoms with van der Waals surface area (Å²) in [7, 11) is 1.90. The number of aromatic carboxylic acids is 1. The molecule has 2 aromatic carbocycles. The third-order valence-electron chi connectivity index (χ3n) is 6.38. The maximum atomic E-state index is 13.5. The third kappa shape index (κ3) is 4.49. The van der Waals surface area contributed by atoms with Crippen LogP contribution in [0.25, 0.3) is 33.7 Å². The van der Waals surface area contributed by atoms with E-state index in [1.807, 2.05) is 55.9 Å². The molecule has 0 unspecified atom stereocenters. The first-order valence-electron chi connectivity index (χ1n) is 11.8. The van der Waals surface area contributed by atoms with Crippen LogP contribution in [0.2, 0.25) is 0 Å². The second-order valence-corrected chi connectivity index (χ2v) is 9.19. The van der Waals surface area contributed by atoms with E-state index >= 15 is 0 Å². The predicted molar refractivity (Wildman–Crippen MR) is 143 cm³/mol. The summed E-state index contributed by atoms with van der Waals surface area (Å²) in [4.78, 5) is 34.0. The van der Waals surface area contributed by atoms with E-state index in [0.29, 0.717) is 33.5 Å². The number of benzene rings is 2. The van der Waals surface area contributed by atoms with Crippen LogP contribution in [0.5, 0.6) is 0 Å². The summed E-state index contributed by atoms with van der Waals surface area (Å²) in [5, 5.41) is 13.3. The van der Waals surface area contributed by atoms with Gasteiger partial charge in [-0.15, -0.1) is 0 Å². The summed E-state index contributed by atoms with van der Waals surface area (Å²) in [6.07, 6.45) is 5.28. The molecule has 8 heteroatoms. The Labute approximate surface area is 213 Å². The number of pyridine rings is 1. The van der Waals surface area contributed by atoms with Crippen molar-refractivity contribution in [2.24, 2.45) is 7.05 Å². The molecule has 0 aliphatic rings. The summed E-state index contributed by atoms with van der Waals surface area (Å²) >= 11 is 0. The van der Waals surface area contributed by atoms with Crippen LogP contribution >= 0.6 is 0 Å². The Kier molecular flexibility index (Phi) is 6.09. The van der Waals surface area contributed by atoms with Crippen LogP contribution in [-0.2, 0) is 7.05 Å². The minimum absolute atomic E-state index is 0.117. The Morgan fingerprint density at radius 1 is 1.08 bits per heavy atom. The lowest BCUT2D eigenvalue weighted by Crippen LogP contribution is -2.14. The van der Waals surface area contributed by atoms with E-state index in [2.05, 4.69) is 15.3 Å². The van der Waals surface area contributed by atoms with Crippen LogP contribution < -0.4 is 10.7 Å². The number of fused-ring (bicyclic) bond motifs is 1. The summed E-state index contributed by atoms with van der Waals surface area (Å²) in [5.41, 5.74) is 5.31. The van der Waals surface area contributed by atoms with Crippen LogP contribution in [0, 0.1) is 13.8 Å². The smallest absolute Gasteiger partial charge is 0.337 e. The molecule has 0 spiro atoms. The molecule has 3 heterocycles. The van der Waals surface area contributed by atoms with Crippen LogP contribution in [-0.4, -0.2) is 25.6 Å². The van der Waals surface area contributed by atoms with E-state index in [1.165, 1.54) is 0 Å². The predicted octanol–water partition coefficient (Wildman–Crippen LogP) is 5.74. The molecule has 1 atom stereocenters. The Hall–Kier alpha value is -4.72. The highest BCUT2D eigenvalue weighted by Crippen LogP contribution is 2.33. The molecule has 0 fully saturated rings. The maximum Gasteiger partial charge on any atom is 0.337 e. The summed E-state index contributed by atoms with van der Waals surface area (Å²) in [6, 6.07) is 13.9. The number of imidazole rings is 1. The molecule has 37 heavy (non-hydrogen) atoms. The molecule has 5 aromatic rings. The van der Waals surface area contributed by atoms with E-state index in [4.69, 9.17) is 4.42 Å². The second-order valence-electron chi connectivity index (χ2n) is 9.19. The van der Waals surface area contributed by atoms with Crippen molar-refractivity contribution >= 4 is 22.6 Å². The fraction of sp³-hybridized carbons (Fsp3) is 0.172. The number of para-hydroxylation sites is 1. The fourth-order valence-electron chi connectivity index (χ4n) is 4.50. The zero-order valence-corrected chi connectivity index (χ0v) is 20.9. The van der Waals surface area contributed by atoms with Gasteiger partial charge in [0.1, 0.15) is 17.0 Å². The minimum Gasteiger partial charge on any atom is -0.478 e. The maximum absolute atomic E-state index is 13.5. The number of hydrogen-bond acceptors (Lipinski definition) is 6. The molecule has 0 bridgehead atoms. The number of carboxylic acid groups (broad SMARTS) is 1. The molecule has 8 nitrogen and oxygen atoms in total. The molecule has 0 aliphatic heterocycles. The highest BCUT2D eigenvalue weighted by atomic mass is 16.4. The molecular formula is C29H26N4O4. The van der Waals surface area contributed by atoms with Gasteiger partial charge < -0.3 is 19.4 Å². The van der Waals surface area contributed by atoms with E-state index in [9.17, 15) is 14.7 Å². The first-order chi connectivity index (χ1) is 17.7. The Bertz CT molecular complexity index is 1700. The van der Waals surface area contributed by atoms with Crippen LogP contribution in [0.1, 0.15) is 40.0 Å². The Balaban J connectivity index is 1.60. The normalized spacial score (nSPS) is 12.0. The van der Waals surface area contributed by atoms with Crippen LogP contribution in [0.15, 0.2) is 76.5 Å². The van der Waals surface area contributed by atoms with Gasteiger partial charge in [-0.3, -0.25) is 9.78 Å². The molecule has 0 saturated heterocycles. The lowest BCUT2D eigenvalue weighted by atomic mass is 9.98. The molecule has 0 saturated carbocycles. The van der Waals surface area contributed by atoms with Crippen LogP contribution in [0.4, 0.5) is 5.69 Å². The standard InChI is InChI=1S/C29H26N4O4/c1-16-11-21(18(3)32-23-8-6-5-7-20(23)29(35)36)28-22(12-16)26(34)17(2)27(37-28)19-9-10-24(30-13-19)25-14-33(4)15-31-25/h5-15,18,32H,1-4H3,(H,35,36)/t18-/m1/s1. The number of nitrogens with one attached hydrogen (secondary N) is 1. The van der Waals surface area contributed by atoms with Gasteiger partial charge >= 0.3 is 5.97 Å². The van der Waals surface area contributed by atoms with Crippen LogP contribution in [0.3, 0.4) is 0 Å². The van der Waals surface area contributed by atoms with E-state index in [1.54, 1.807) is 43.7 Å². The Morgan fingerprint density at radius 2 is 1.86 bits per heavy atom. The number of aromatic nitrogens is 3. The first-order valence-corrected chi connectivity index (χ1v) is 11.8. The number of aryl methyl sites for hydroxylation is 2. The molecule has 5 rings (SSSR count). The summed E-state index contributed by atoms with van der Waals surface area (Å²) in [6.45, 7) is 5.58. The van der Waals surface area contributed by atoms with Gasteiger partial charge in [-0.05, 0) is 56.7 Å². The molecule has 0 radical (unpaired) electrons. The average molecular weight is 495 g/mol. The van der Waals surface area contributed by atoms with Crippen molar-refractivity contribution in [3.8, 4) is 22.7 Å². The van der Waals surface area contributed by atoms with E-state index in [0.717, 1.165) is 22.5 Å². The topological polar surface area (TPSA) is 110 Å². The van der Waals surface area contributed by atoms with E-state index in [-0.39, 0.29) is 17.0 Å². The summed E-state index contributed by atoms with van der Waals surface area (Å²) in [5.74, 6) is -0.573. The van der Waals surface area contributed by atoms with Gasteiger partial charge in [0, 0.05) is 41.8 Å². The lowest BCUT2D eigenvalue weighted by Gasteiger charge is -2.20. The molecule has 3 aromatic heterocycles. The zero-order valence-electron chi connectivity index (χ0n) is 20.9. The molecule has 186 valence electrons. The number of carboxylic acids is 1. The van der Waals surface area contributed by atoms with E-state index < -0.39 is 5.97 Å². The van der Waals surface area contributed by atoms with Crippen molar-refractivity contribution < 1.29 is 14.3 Å². The van der Waals surface area contributed by atoms with Crippen molar-refractivity contribution in [3.63, 3.8) is 0 Å². The SMILES string of the molecule is Cc1cc([C@@H](C)Nc2ccccc2C(=O)O)c2oc(-c3ccc(-c4cn(C)cn4)nc3)c(C)c(=O)c2c1. The van der Waals surface area contributed by atoms with Gasteiger partial charge in [-0.2, -0.15) is 0 Å². The van der Waals surface area contributed by atoms with Gasteiger partial charge in [0.2, 0.25) is 0 Å².